The Morgan fingerprint density at radius 1 is 1.32 bits per heavy atom. The Hall–Kier alpha value is -3.43. The number of H-pyrrole nitrogens is 1. The Morgan fingerprint density at radius 2 is 2.00 bits per heavy atom. The van der Waals surface area contributed by atoms with Crippen molar-refractivity contribution in [3.63, 3.8) is 0 Å². The molecule has 0 bridgehead atoms. The molecule has 112 valence electrons. The summed E-state index contributed by atoms with van der Waals surface area (Å²) in [6, 6.07) is 3.55. The van der Waals surface area contributed by atoms with Gasteiger partial charge in [0.05, 0.1) is 5.39 Å². The zero-order valence-corrected chi connectivity index (χ0v) is 11.5. The molecule has 0 spiro atoms. The topological polar surface area (TPSA) is 160 Å². The molecule has 0 aliphatic rings. The fourth-order valence-electron chi connectivity index (χ4n) is 2.06. The molecule has 0 aliphatic carbocycles. The van der Waals surface area contributed by atoms with Crippen molar-refractivity contribution in [1.82, 2.24) is 25.1 Å². The van der Waals surface area contributed by atoms with Gasteiger partial charge in [-0.05, 0) is 12.1 Å². The van der Waals surface area contributed by atoms with Gasteiger partial charge in [0.2, 0.25) is 0 Å². The minimum Gasteiger partial charge on any atom is -0.465 e. The lowest BCUT2D eigenvalue weighted by Crippen LogP contribution is -2.26. The smallest absolute Gasteiger partial charge is 0.411 e. The Labute approximate surface area is 123 Å². The van der Waals surface area contributed by atoms with Crippen molar-refractivity contribution >= 4 is 34.4 Å². The van der Waals surface area contributed by atoms with Crippen molar-refractivity contribution in [3.8, 4) is 11.5 Å². The van der Waals surface area contributed by atoms with Gasteiger partial charge >= 0.3 is 6.09 Å². The van der Waals surface area contributed by atoms with Crippen molar-refractivity contribution in [1.29, 1.82) is 0 Å². The van der Waals surface area contributed by atoms with Crippen LogP contribution in [-0.2, 0) is 0 Å². The summed E-state index contributed by atoms with van der Waals surface area (Å²) < 4.78 is 0. The van der Waals surface area contributed by atoms with Crippen LogP contribution in [0.1, 0.15) is 0 Å². The first-order valence-corrected chi connectivity index (χ1v) is 6.18. The van der Waals surface area contributed by atoms with E-state index in [1.165, 1.54) is 7.05 Å². The monoisotopic (exact) mass is 300 g/mol. The van der Waals surface area contributed by atoms with E-state index in [0.717, 1.165) is 4.90 Å². The summed E-state index contributed by atoms with van der Waals surface area (Å²) in [5.41, 5.74) is 12.7. The number of hydrogen-bond donors (Lipinski definition) is 4. The molecule has 3 aromatic heterocycles. The lowest BCUT2D eigenvalue weighted by atomic mass is 10.2. The van der Waals surface area contributed by atoms with Gasteiger partial charge < -0.3 is 16.6 Å². The number of carbonyl (C=O) groups is 1. The van der Waals surface area contributed by atoms with E-state index in [4.69, 9.17) is 16.6 Å². The number of rotatable bonds is 2. The highest BCUT2D eigenvalue weighted by atomic mass is 16.4. The Bertz CT molecular complexity index is 851. The van der Waals surface area contributed by atoms with Crippen LogP contribution in [0.5, 0.6) is 0 Å². The van der Waals surface area contributed by atoms with Gasteiger partial charge in [0.15, 0.2) is 23.1 Å². The highest BCUT2D eigenvalue weighted by Crippen LogP contribution is 2.30. The summed E-state index contributed by atoms with van der Waals surface area (Å²) in [5.74, 6) is 0.0941. The van der Waals surface area contributed by atoms with Gasteiger partial charge in [-0.3, -0.25) is 10.00 Å². The average molecular weight is 300 g/mol. The summed E-state index contributed by atoms with van der Waals surface area (Å²) in [5, 5.41) is 16.6. The summed E-state index contributed by atoms with van der Waals surface area (Å²) in [7, 11) is 1.31. The summed E-state index contributed by atoms with van der Waals surface area (Å²) >= 11 is 0. The van der Waals surface area contributed by atoms with Gasteiger partial charge in [0, 0.05) is 13.2 Å². The normalized spacial score (nSPS) is 10.8. The molecule has 3 aromatic rings. The summed E-state index contributed by atoms with van der Waals surface area (Å²) in [6.45, 7) is 0. The zero-order valence-electron chi connectivity index (χ0n) is 11.5. The maximum absolute atomic E-state index is 11.0. The van der Waals surface area contributed by atoms with Gasteiger partial charge in [0.25, 0.3) is 0 Å². The quantitative estimate of drug-likeness (QED) is 0.537. The van der Waals surface area contributed by atoms with E-state index in [1.807, 2.05) is 0 Å². The van der Waals surface area contributed by atoms with Crippen molar-refractivity contribution in [3.05, 3.63) is 18.3 Å². The van der Waals surface area contributed by atoms with Gasteiger partial charge in [0.1, 0.15) is 11.4 Å². The second-order valence-corrected chi connectivity index (χ2v) is 4.48. The van der Waals surface area contributed by atoms with Crippen LogP contribution in [0.2, 0.25) is 0 Å². The number of nitrogens with two attached hydrogens (primary N) is 2. The number of pyridine rings is 1. The first kappa shape index (κ1) is 13.5. The molecule has 6 N–H and O–H groups in total. The molecule has 0 saturated heterocycles. The van der Waals surface area contributed by atoms with E-state index < -0.39 is 6.09 Å². The molecule has 10 heteroatoms. The van der Waals surface area contributed by atoms with Crippen molar-refractivity contribution in [2.45, 2.75) is 0 Å². The SMILES string of the molecule is CN(C(=O)O)c1c(N)nc(-c2n[nH]c3ncccc23)nc1N. The molecule has 22 heavy (non-hydrogen) atoms. The lowest BCUT2D eigenvalue weighted by Gasteiger charge is -2.16. The minimum atomic E-state index is -1.22. The molecule has 3 heterocycles. The number of nitrogen functional groups attached to an aromatic ring is 2. The summed E-state index contributed by atoms with van der Waals surface area (Å²) in [6.07, 6.45) is 0.405. The molecule has 1 amide bonds. The van der Waals surface area contributed by atoms with Crippen LogP contribution in [-0.4, -0.2) is 43.4 Å². The molecule has 10 nitrogen and oxygen atoms in total. The third-order valence-corrected chi connectivity index (χ3v) is 3.11. The standard InChI is InChI=1S/C12H12N8O2/c1-20(12(21)22)7-8(13)16-11(17-9(7)14)6-5-3-2-4-15-10(5)19-18-6/h2-4H,1H3,(H,21,22)(H,15,18,19)(H4,13,14,16,17). The largest absolute Gasteiger partial charge is 0.465 e. The molecule has 0 aromatic carbocycles. The van der Waals surface area contributed by atoms with Crippen molar-refractivity contribution < 1.29 is 9.90 Å². The van der Waals surface area contributed by atoms with Crippen LogP contribution in [0.15, 0.2) is 18.3 Å². The van der Waals surface area contributed by atoms with Crippen LogP contribution < -0.4 is 16.4 Å². The molecule has 0 aliphatic heterocycles. The first-order chi connectivity index (χ1) is 10.5. The highest BCUT2D eigenvalue weighted by Gasteiger charge is 2.21. The highest BCUT2D eigenvalue weighted by molar-refractivity contribution is 5.95. The lowest BCUT2D eigenvalue weighted by molar-refractivity contribution is 0.203. The maximum atomic E-state index is 11.0. The van der Waals surface area contributed by atoms with Crippen molar-refractivity contribution in [2.24, 2.45) is 0 Å². The number of nitrogens with one attached hydrogen (secondary N) is 1. The number of aromatic amines is 1. The molecule has 0 radical (unpaired) electrons. The number of carboxylic acid groups (broad SMARTS) is 1. The first-order valence-electron chi connectivity index (χ1n) is 6.18. The fourth-order valence-corrected chi connectivity index (χ4v) is 2.06. The fraction of sp³-hybridized carbons (Fsp3) is 0.0833. The molecule has 3 rings (SSSR count). The van der Waals surface area contributed by atoms with Gasteiger partial charge in [-0.25, -0.2) is 19.7 Å². The Balaban J connectivity index is 2.16. The van der Waals surface area contributed by atoms with Gasteiger partial charge in [-0.2, -0.15) is 5.10 Å². The van der Waals surface area contributed by atoms with Gasteiger partial charge in [-0.15, -0.1) is 0 Å². The Kier molecular flexibility index (Phi) is 2.98. The third kappa shape index (κ3) is 2.02. The minimum absolute atomic E-state index is 0.0363. The maximum Gasteiger partial charge on any atom is 0.411 e. The van der Waals surface area contributed by atoms with E-state index >= 15 is 0 Å². The molecule has 0 fully saturated rings. The second kappa shape index (κ2) is 4.84. The third-order valence-electron chi connectivity index (χ3n) is 3.11. The molecule has 0 saturated carbocycles. The van der Waals surface area contributed by atoms with Crippen LogP contribution in [0.3, 0.4) is 0 Å². The predicted octanol–water partition coefficient (Wildman–Crippen LogP) is 0.693. The average Bonchev–Trinajstić information content (AvgIpc) is 2.90. The van der Waals surface area contributed by atoms with E-state index in [0.29, 0.717) is 16.7 Å². The van der Waals surface area contributed by atoms with Gasteiger partial charge in [-0.1, -0.05) is 0 Å². The number of amides is 1. The zero-order chi connectivity index (χ0) is 15.9. The number of anilines is 3. The summed E-state index contributed by atoms with van der Waals surface area (Å²) in [4.78, 5) is 24.2. The van der Waals surface area contributed by atoms with Crippen LogP contribution in [0, 0.1) is 0 Å². The molecule has 0 atom stereocenters. The van der Waals surface area contributed by atoms with E-state index in [1.54, 1.807) is 18.3 Å². The predicted molar refractivity (Wildman–Crippen MR) is 80.2 cm³/mol. The molecule has 0 unspecified atom stereocenters. The number of aromatic nitrogens is 5. The number of nitrogens with zero attached hydrogens (tertiary/aromatic N) is 5. The van der Waals surface area contributed by atoms with E-state index in [-0.39, 0.29) is 23.1 Å². The van der Waals surface area contributed by atoms with Crippen LogP contribution >= 0.6 is 0 Å². The molecular formula is C12H12N8O2. The van der Waals surface area contributed by atoms with E-state index in [9.17, 15) is 4.79 Å². The van der Waals surface area contributed by atoms with Crippen LogP contribution in [0.25, 0.3) is 22.6 Å². The number of fused-ring (bicyclic) bond motifs is 1. The number of hydrogen-bond acceptors (Lipinski definition) is 7. The Morgan fingerprint density at radius 3 is 2.64 bits per heavy atom. The second-order valence-electron chi connectivity index (χ2n) is 4.48. The molecular weight excluding hydrogens is 288 g/mol. The van der Waals surface area contributed by atoms with Crippen LogP contribution in [0.4, 0.5) is 22.1 Å². The van der Waals surface area contributed by atoms with E-state index in [2.05, 4.69) is 25.1 Å². The van der Waals surface area contributed by atoms with Crippen molar-refractivity contribution in [2.75, 3.05) is 23.4 Å².